The van der Waals surface area contributed by atoms with Gasteiger partial charge < -0.3 is 0 Å². The number of benzene rings is 1. The summed E-state index contributed by atoms with van der Waals surface area (Å²) in [4.78, 5) is 0. The molecule has 0 saturated heterocycles. The van der Waals surface area contributed by atoms with Crippen LogP contribution in [0.3, 0.4) is 0 Å². The predicted molar refractivity (Wildman–Crippen MR) is 51.6 cm³/mol. The van der Waals surface area contributed by atoms with Gasteiger partial charge in [0.05, 0.1) is 0 Å². The molecule has 0 fully saturated rings. The van der Waals surface area contributed by atoms with Crippen LogP contribution in [0.4, 0.5) is 0 Å². The molecule has 0 aliphatic carbocycles. The van der Waals surface area contributed by atoms with Crippen LogP contribution in [0.5, 0.6) is 0 Å². The van der Waals surface area contributed by atoms with Crippen molar-refractivity contribution in [3.63, 3.8) is 0 Å². The van der Waals surface area contributed by atoms with Crippen LogP contribution < -0.4 is 4.72 Å². The maximum Gasteiger partial charge on any atom is 0.0416 e. The summed E-state index contributed by atoms with van der Waals surface area (Å²) in [6, 6.07) is 10.7. The zero-order chi connectivity index (χ0) is 8.10. The fraction of sp³-hybridized carbons (Fsp3) is 0.333. The van der Waals surface area contributed by atoms with Gasteiger partial charge in [-0.2, -0.15) is 0 Å². The largest absolute Gasteiger partial charge is 0.259 e. The van der Waals surface area contributed by atoms with Crippen LogP contribution in [0, 0.1) is 0 Å². The van der Waals surface area contributed by atoms with Crippen molar-refractivity contribution in [3.05, 3.63) is 35.9 Å². The second-order valence-corrected chi connectivity index (χ2v) is 2.76. The molecule has 0 amide bonds. The summed E-state index contributed by atoms with van der Waals surface area (Å²) in [5.41, 5.74) is 1.30. The number of nitrogens with one attached hydrogen (secondary N) is 1. The summed E-state index contributed by atoms with van der Waals surface area (Å²) < 4.78 is 2.96. The number of hydrogen-bond donors (Lipinski definition) is 2. The normalized spacial score (nSPS) is 12.9. The van der Waals surface area contributed by atoms with E-state index in [-0.39, 0.29) is 0 Å². The summed E-state index contributed by atoms with van der Waals surface area (Å²) in [5.74, 6) is 0. The first-order valence-corrected chi connectivity index (χ1v) is 4.27. The smallest absolute Gasteiger partial charge is 0.0416 e. The molecule has 1 rings (SSSR count). The highest BCUT2D eigenvalue weighted by Crippen LogP contribution is 2.15. The molecule has 0 saturated carbocycles. The van der Waals surface area contributed by atoms with E-state index in [1.165, 1.54) is 5.56 Å². The summed E-state index contributed by atoms with van der Waals surface area (Å²) in [5, 5.41) is 0. The van der Waals surface area contributed by atoms with Crippen LogP contribution >= 0.6 is 12.8 Å². The molecule has 1 aromatic carbocycles. The van der Waals surface area contributed by atoms with Gasteiger partial charge in [0.25, 0.3) is 0 Å². The summed E-state index contributed by atoms with van der Waals surface area (Å²) >= 11 is 4.06. The van der Waals surface area contributed by atoms with Gasteiger partial charge in [-0.15, -0.1) is 0 Å². The average Bonchev–Trinajstić information content (AvgIpc) is 2.09. The van der Waals surface area contributed by atoms with Crippen LogP contribution in [0.15, 0.2) is 30.3 Å². The highest BCUT2D eigenvalue weighted by atomic mass is 32.1. The van der Waals surface area contributed by atoms with Gasteiger partial charge in [-0.25, -0.2) is 0 Å². The van der Waals surface area contributed by atoms with Crippen molar-refractivity contribution >= 4 is 12.8 Å². The monoisotopic (exact) mass is 167 g/mol. The molecule has 1 aromatic rings. The Bertz CT molecular complexity index is 194. The zero-order valence-corrected chi connectivity index (χ0v) is 7.51. The quantitative estimate of drug-likeness (QED) is 0.659. The van der Waals surface area contributed by atoms with E-state index in [9.17, 15) is 0 Å². The van der Waals surface area contributed by atoms with E-state index >= 15 is 0 Å². The number of rotatable bonds is 3. The van der Waals surface area contributed by atoms with Gasteiger partial charge in [0.1, 0.15) is 0 Å². The summed E-state index contributed by atoms with van der Waals surface area (Å²) in [6.45, 7) is 2.14. The predicted octanol–water partition coefficient (Wildman–Crippen LogP) is 2.57. The van der Waals surface area contributed by atoms with E-state index in [1.807, 2.05) is 18.2 Å². The third-order valence-corrected chi connectivity index (χ3v) is 2.08. The molecule has 2 heteroatoms. The van der Waals surface area contributed by atoms with E-state index in [2.05, 4.69) is 36.6 Å². The lowest BCUT2D eigenvalue weighted by molar-refractivity contribution is 0.655. The second kappa shape index (κ2) is 4.42. The maximum absolute atomic E-state index is 4.06. The Morgan fingerprint density at radius 2 is 2.00 bits per heavy atom. The van der Waals surface area contributed by atoms with Crippen LogP contribution in [0.25, 0.3) is 0 Å². The minimum Gasteiger partial charge on any atom is -0.259 e. The molecule has 0 aliphatic rings. The van der Waals surface area contributed by atoms with Gasteiger partial charge in [-0.3, -0.25) is 4.72 Å². The Balaban J connectivity index is 2.74. The van der Waals surface area contributed by atoms with E-state index in [1.54, 1.807) is 0 Å². The Morgan fingerprint density at radius 3 is 2.45 bits per heavy atom. The molecule has 0 radical (unpaired) electrons. The van der Waals surface area contributed by atoms with Crippen molar-refractivity contribution in [1.29, 1.82) is 0 Å². The molecule has 1 unspecified atom stereocenters. The third-order valence-electron chi connectivity index (χ3n) is 1.77. The fourth-order valence-electron chi connectivity index (χ4n) is 1.09. The summed E-state index contributed by atoms with van der Waals surface area (Å²) in [7, 11) is 0. The molecular formula is C9H13NS. The molecule has 60 valence electrons. The average molecular weight is 167 g/mol. The van der Waals surface area contributed by atoms with Gasteiger partial charge in [-0.05, 0) is 12.0 Å². The highest BCUT2D eigenvalue weighted by molar-refractivity contribution is 7.78. The van der Waals surface area contributed by atoms with Crippen molar-refractivity contribution < 1.29 is 0 Å². The molecule has 0 aromatic heterocycles. The highest BCUT2D eigenvalue weighted by Gasteiger charge is 2.03. The van der Waals surface area contributed by atoms with E-state index in [4.69, 9.17) is 0 Å². The van der Waals surface area contributed by atoms with Crippen LogP contribution in [0.1, 0.15) is 24.9 Å². The lowest BCUT2D eigenvalue weighted by atomic mass is 10.1. The van der Waals surface area contributed by atoms with Crippen molar-refractivity contribution in [1.82, 2.24) is 4.72 Å². The molecule has 1 N–H and O–H groups in total. The number of thiol groups is 1. The van der Waals surface area contributed by atoms with Crippen molar-refractivity contribution in [3.8, 4) is 0 Å². The first-order valence-electron chi connectivity index (χ1n) is 3.83. The topological polar surface area (TPSA) is 12.0 Å². The first kappa shape index (κ1) is 8.62. The van der Waals surface area contributed by atoms with Gasteiger partial charge in [0.2, 0.25) is 0 Å². The molecule has 0 heterocycles. The molecular weight excluding hydrogens is 154 g/mol. The lowest BCUT2D eigenvalue weighted by Crippen LogP contribution is -2.09. The Kier molecular flexibility index (Phi) is 3.46. The molecule has 0 bridgehead atoms. The van der Waals surface area contributed by atoms with E-state index in [0.29, 0.717) is 6.04 Å². The standard InChI is InChI=1S/C9H13NS/c1-2-9(10-11)8-6-4-3-5-7-8/h3-7,9-11H,2H2,1H3. The lowest BCUT2D eigenvalue weighted by Gasteiger charge is -2.12. The zero-order valence-electron chi connectivity index (χ0n) is 6.62. The Labute approximate surface area is 73.4 Å². The third kappa shape index (κ3) is 2.24. The first-order chi connectivity index (χ1) is 5.38. The fourth-order valence-corrected chi connectivity index (χ4v) is 1.42. The maximum atomic E-state index is 4.06. The van der Waals surface area contributed by atoms with Gasteiger partial charge in [0, 0.05) is 6.04 Å². The van der Waals surface area contributed by atoms with Gasteiger partial charge in [0.15, 0.2) is 0 Å². The molecule has 1 nitrogen and oxygen atoms in total. The van der Waals surface area contributed by atoms with Crippen molar-refractivity contribution in [2.24, 2.45) is 0 Å². The van der Waals surface area contributed by atoms with Crippen LogP contribution in [-0.4, -0.2) is 0 Å². The van der Waals surface area contributed by atoms with Crippen LogP contribution in [-0.2, 0) is 0 Å². The van der Waals surface area contributed by atoms with Gasteiger partial charge in [-0.1, -0.05) is 50.1 Å². The second-order valence-electron chi connectivity index (χ2n) is 2.50. The van der Waals surface area contributed by atoms with Gasteiger partial charge >= 0.3 is 0 Å². The van der Waals surface area contributed by atoms with Crippen molar-refractivity contribution in [2.75, 3.05) is 0 Å². The molecule has 1 atom stereocenters. The summed E-state index contributed by atoms with van der Waals surface area (Å²) in [6.07, 6.45) is 1.06. The SMILES string of the molecule is CCC(NS)c1ccccc1. The Hall–Kier alpha value is -0.470. The van der Waals surface area contributed by atoms with E-state index < -0.39 is 0 Å². The molecule has 0 spiro atoms. The minimum atomic E-state index is 0.375. The Morgan fingerprint density at radius 1 is 1.36 bits per heavy atom. The number of hydrogen-bond acceptors (Lipinski definition) is 2. The van der Waals surface area contributed by atoms with Crippen molar-refractivity contribution in [2.45, 2.75) is 19.4 Å². The molecule has 0 aliphatic heterocycles. The van der Waals surface area contributed by atoms with E-state index in [0.717, 1.165) is 6.42 Å². The molecule has 11 heavy (non-hydrogen) atoms. The van der Waals surface area contributed by atoms with Crippen LogP contribution in [0.2, 0.25) is 0 Å². The minimum absolute atomic E-state index is 0.375.